The molecule has 2 N–H and O–H groups in total. The van der Waals surface area contributed by atoms with Crippen molar-refractivity contribution < 1.29 is 14.2 Å². The second-order valence-corrected chi connectivity index (χ2v) is 4.10. The van der Waals surface area contributed by atoms with E-state index in [4.69, 9.17) is 9.84 Å². The number of ether oxygens (including phenoxy) is 1. The largest absolute Gasteiger partial charge is 0.394 e. The van der Waals surface area contributed by atoms with Gasteiger partial charge in [0.15, 0.2) is 0 Å². The van der Waals surface area contributed by atoms with Crippen LogP contribution in [0.1, 0.15) is 5.56 Å². The van der Waals surface area contributed by atoms with Crippen molar-refractivity contribution in [2.75, 3.05) is 26.4 Å². The quantitative estimate of drug-likeness (QED) is 0.751. The third-order valence-corrected chi connectivity index (χ3v) is 2.73. The Morgan fingerprint density at radius 1 is 1.38 bits per heavy atom. The normalized spacial score (nSPS) is 10.7. The van der Waals surface area contributed by atoms with E-state index in [1.54, 1.807) is 6.07 Å². The van der Waals surface area contributed by atoms with E-state index < -0.39 is 0 Å². The van der Waals surface area contributed by atoms with Crippen LogP contribution < -0.4 is 5.32 Å². The standard InChI is InChI=1S/C11H15BrFNO2/c12-11-7-10(13)2-1-9(11)8-14-3-5-16-6-4-15/h1-2,7,14-15H,3-6,8H2. The first-order valence-electron chi connectivity index (χ1n) is 5.07. The zero-order chi connectivity index (χ0) is 11.8. The molecule has 0 saturated carbocycles. The first kappa shape index (κ1) is 13.6. The van der Waals surface area contributed by atoms with Crippen LogP contribution in [0.25, 0.3) is 0 Å². The van der Waals surface area contributed by atoms with Gasteiger partial charge < -0.3 is 15.2 Å². The molecule has 0 aliphatic carbocycles. The topological polar surface area (TPSA) is 41.5 Å². The molecule has 0 radical (unpaired) electrons. The molecule has 5 heteroatoms. The number of benzene rings is 1. The molecule has 0 aliphatic heterocycles. The molecule has 0 aliphatic rings. The fraction of sp³-hybridized carbons (Fsp3) is 0.455. The Balaban J connectivity index is 2.21. The molecule has 1 aromatic rings. The summed E-state index contributed by atoms with van der Waals surface area (Å²) in [6, 6.07) is 4.62. The highest BCUT2D eigenvalue weighted by Crippen LogP contribution is 2.17. The van der Waals surface area contributed by atoms with Gasteiger partial charge in [0.1, 0.15) is 5.82 Å². The smallest absolute Gasteiger partial charge is 0.124 e. The minimum Gasteiger partial charge on any atom is -0.394 e. The molecule has 0 spiro atoms. The summed E-state index contributed by atoms with van der Waals surface area (Å²) in [7, 11) is 0. The van der Waals surface area contributed by atoms with Gasteiger partial charge in [-0.2, -0.15) is 0 Å². The van der Waals surface area contributed by atoms with Crippen molar-refractivity contribution in [3.8, 4) is 0 Å². The molecule has 90 valence electrons. The van der Waals surface area contributed by atoms with E-state index in [0.717, 1.165) is 10.0 Å². The van der Waals surface area contributed by atoms with E-state index in [0.29, 0.717) is 26.3 Å². The molecule has 0 aromatic heterocycles. The predicted octanol–water partition coefficient (Wildman–Crippen LogP) is 1.69. The highest BCUT2D eigenvalue weighted by Gasteiger charge is 2.00. The van der Waals surface area contributed by atoms with Crippen molar-refractivity contribution >= 4 is 15.9 Å². The summed E-state index contributed by atoms with van der Waals surface area (Å²) in [6.45, 7) is 2.32. The molecular formula is C11H15BrFNO2. The number of hydrogen-bond acceptors (Lipinski definition) is 3. The van der Waals surface area contributed by atoms with Gasteiger partial charge >= 0.3 is 0 Å². The van der Waals surface area contributed by atoms with Gasteiger partial charge in [0.2, 0.25) is 0 Å². The van der Waals surface area contributed by atoms with Gasteiger partial charge in [0.05, 0.1) is 19.8 Å². The van der Waals surface area contributed by atoms with Crippen LogP contribution in [-0.4, -0.2) is 31.5 Å². The summed E-state index contributed by atoms with van der Waals surface area (Å²) in [5.74, 6) is -0.248. The van der Waals surface area contributed by atoms with Crippen molar-refractivity contribution in [2.24, 2.45) is 0 Å². The van der Waals surface area contributed by atoms with E-state index in [1.165, 1.54) is 12.1 Å². The summed E-state index contributed by atoms with van der Waals surface area (Å²) in [4.78, 5) is 0. The van der Waals surface area contributed by atoms with E-state index in [9.17, 15) is 4.39 Å². The second kappa shape index (κ2) is 7.73. The lowest BCUT2D eigenvalue weighted by molar-refractivity contribution is 0.0938. The molecular weight excluding hydrogens is 277 g/mol. The van der Waals surface area contributed by atoms with Crippen molar-refractivity contribution in [1.82, 2.24) is 5.32 Å². The number of aliphatic hydroxyl groups is 1. The van der Waals surface area contributed by atoms with Crippen LogP contribution in [0.4, 0.5) is 4.39 Å². The molecule has 0 unspecified atom stereocenters. The Hall–Kier alpha value is -0.490. The van der Waals surface area contributed by atoms with E-state index in [2.05, 4.69) is 21.2 Å². The number of aliphatic hydroxyl groups excluding tert-OH is 1. The van der Waals surface area contributed by atoms with Crippen LogP contribution in [0.15, 0.2) is 22.7 Å². The SMILES string of the molecule is OCCOCCNCc1ccc(F)cc1Br. The minimum atomic E-state index is -0.248. The Labute approximate surface area is 103 Å². The first-order valence-corrected chi connectivity index (χ1v) is 5.86. The zero-order valence-electron chi connectivity index (χ0n) is 8.88. The van der Waals surface area contributed by atoms with Gasteiger partial charge in [-0.05, 0) is 17.7 Å². The van der Waals surface area contributed by atoms with Crippen molar-refractivity contribution in [2.45, 2.75) is 6.54 Å². The van der Waals surface area contributed by atoms with Crippen LogP contribution in [-0.2, 0) is 11.3 Å². The lowest BCUT2D eigenvalue weighted by atomic mass is 10.2. The highest BCUT2D eigenvalue weighted by molar-refractivity contribution is 9.10. The summed E-state index contributed by atoms with van der Waals surface area (Å²) < 4.78 is 18.6. The van der Waals surface area contributed by atoms with Gasteiger partial charge in [-0.25, -0.2) is 4.39 Å². The molecule has 1 aromatic carbocycles. The van der Waals surface area contributed by atoms with E-state index >= 15 is 0 Å². The van der Waals surface area contributed by atoms with E-state index in [1.807, 2.05) is 0 Å². The number of rotatable bonds is 7. The van der Waals surface area contributed by atoms with Gasteiger partial charge in [0, 0.05) is 17.6 Å². The average molecular weight is 292 g/mol. The molecule has 3 nitrogen and oxygen atoms in total. The number of hydrogen-bond donors (Lipinski definition) is 2. The molecule has 0 heterocycles. The maximum absolute atomic E-state index is 12.8. The summed E-state index contributed by atoms with van der Waals surface area (Å²) in [6.07, 6.45) is 0. The number of nitrogens with one attached hydrogen (secondary N) is 1. The Morgan fingerprint density at radius 2 is 2.19 bits per heavy atom. The lowest BCUT2D eigenvalue weighted by Gasteiger charge is -2.07. The molecule has 0 saturated heterocycles. The third kappa shape index (κ3) is 5.03. The molecule has 1 rings (SSSR count). The maximum Gasteiger partial charge on any atom is 0.124 e. The van der Waals surface area contributed by atoms with Crippen LogP contribution in [0.3, 0.4) is 0 Å². The number of halogens is 2. The highest BCUT2D eigenvalue weighted by atomic mass is 79.9. The molecule has 0 amide bonds. The van der Waals surface area contributed by atoms with Crippen molar-refractivity contribution in [3.63, 3.8) is 0 Å². The third-order valence-electron chi connectivity index (χ3n) is 1.99. The summed E-state index contributed by atoms with van der Waals surface area (Å²) in [5, 5.41) is 11.6. The Kier molecular flexibility index (Phi) is 6.56. The van der Waals surface area contributed by atoms with Crippen LogP contribution in [0, 0.1) is 5.82 Å². The zero-order valence-corrected chi connectivity index (χ0v) is 10.5. The van der Waals surface area contributed by atoms with Gasteiger partial charge in [-0.1, -0.05) is 22.0 Å². The second-order valence-electron chi connectivity index (χ2n) is 3.25. The molecule has 0 bridgehead atoms. The lowest BCUT2D eigenvalue weighted by Crippen LogP contribution is -2.20. The van der Waals surface area contributed by atoms with Crippen molar-refractivity contribution in [1.29, 1.82) is 0 Å². The summed E-state index contributed by atoms with van der Waals surface area (Å²) in [5.41, 5.74) is 1.00. The first-order chi connectivity index (χ1) is 7.74. The average Bonchev–Trinajstić information content (AvgIpc) is 2.26. The molecule has 0 fully saturated rings. The maximum atomic E-state index is 12.8. The molecule has 0 atom stereocenters. The van der Waals surface area contributed by atoms with Crippen LogP contribution in [0.5, 0.6) is 0 Å². The Bertz CT molecular complexity index is 323. The predicted molar refractivity (Wildman–Crippen MR) is 63.7 cm³/mol. The fourth-order valence-electron chi connectivity index (χ4n) is 1.20. The van der Waals surface area contributed by atoms with Crippen LogP contribution >= 0.6 is 15.9 Å². The summed E-state index contributed by atoms with van der Waals surface area (Å²) >= 11 is 3.30. The van der Waals surface area contributed by atoms with E-state index in [-0.39, 0.29) is 12.4 Å². The Morgan fingerprint density at radius 3 is 2.88 bits per heavy atom. The van der Waals surface area contributed by atoms with Crippen molar-refractivity contribution in [3.05, 3.63) is 34.1 Å². The van der Waals surface area contributed by atoms with Gasteiger partial charge in [-0.15, -0.1) is 0 Å². The van der Waals surface area contributed by atoms with Gasteiger partial charge in [0.25, 0.3) is 0 Å². The fourth-order valence-corrected chi connectivity index (χ4v) is 1.69. The van der Waals surface area contributed by atoms with Gasteiger partial charge in [-0.3, -0.25) is 0 Å². The minimum absolute atomic E-state index is 0.0451. The monoisotopic (exact) mass is 291 g/mol. The van der Waals surface area contributed by atoms with Crippen LogP contribution in [0.2, 0.25) is 0 Å². The molecule has 16 heavy (non-hydrogen) atoms.